The lowest BCUT2D eigenvalue weighted by Crippen LogP contribution is -2.42. The minimum atomic E-state index is -0.443. The number of nitrogens with zero attached hydrogens (tertiary/aromatic N) is 3. The van der Waals surface area contributed by atoms with Crippen molar-refractivity contribution in [2.45, 2.75) is 49.5 Å². The maximum Gasteiger partial charge on any atom is 0.410 e. The number of piperidine rings is 1. The van der Waals surface area contributed by atoms with E-state index < -0.39 is 5.60 Å². The standard InChI is InChI=1S/C14H22N4O2S/c1-14(2,3)20-13(19)18-6-4-10(5-7-18)21-12-8-11(15)16-9-17-12/h8-10H,4-7H2,1-3H3,(H2,15,16,17). The topological polar surface area (TPSA) is 81.3 Å². The van der Waals surface area contributed by atoms with Crippen LogP contribution in [0.5, 0.6) is 0 Å². The van der Waals surface area contributed by atoms with Crippen LogP contribution in [0.4, 0.5) is 10.6 Å². The average molecular weight is 310 g/mol. The zero-order valence-electron chi connectivity index (χ0n) is 12.7. The summed E-state index contributed by atoms with van der Waals surface area (Å²) < 4.78 is 5.39. The van der Waals surface area contributed by atoms with E-state index in [0.29, 0.717) is 24.2 Å². The number of nitrogen functional groups attached to an aromatic ring is 1. The number of thioether (sulfide) groups is 1. The Balaban J connectivity index is 1.82. The summed E-state index contributed by atoms with van der Waals surface area (Å²) in [5, 5.41) is 1.33. The van der Waals surface area contributed by atoms with Gasteiger partial charge >= 0.3 is 6.09 Å². The first-order valence-electron chi connectivity index (χ1n) is 7.05. The van der Waals surface area contributed by atoms with E-state index in [2.05, 4.69) is 9.97 Å². The molecule has 0 aliphatic carbocycles. The molecule has 1 amide bonds. The van der Waals surface area contributed by atoms with Crippen molar-refractivity contribution in [1.82, 2.24) is 14.9 Å². The Morgan fingerprint density at radius 2 is 2.05 bits per heavy atom. The van der Waals surface area contributed by atoms with Crippen LogP contribution in [-0.2, 0) is 4.74 Å². The van der Waals surface area contributed by atoms with Gasteiger partial charge in [-0.25, -0.2) is 14.8 Å². The second kappa shape index (κ2) is 6.51. The fraction of sp³-hybridized carbons (Fsp3) is 0.643. The van der Waals surface area contributed by atoms with E-state index in [4.69, 9.17) is 10.5 Å². The van der Waals surface area contributed by atoms with Crippen LogP contribution in [0.25, 0.3) is 0 Å². The van der Waals surface area contributed by atoms with Gasteiger partial charge in [-0.2, -0.15) is 0 Å². The lowest BCUT2D eigenvalue weighted by molar-refractivity contribution is 0.0219. The number of ether oxygens (including phenoxy) is 1. The van der Waals surface area contributed by atoms with E-state index >= 15 is 0 Å². The number of amides is 1. The number of likely N-dealkylation sites (tertiary alicyclic amines) is 1. The van der Waals surface area contributed by atoms with Gasteiger partial charge in [-0.1, -0.05) is 0 Å². The zero-order chi connectivity index (χ0) is 15.5. The fourth-order valence-corrected chi connectivity index (χ4v) is 3.16. The third kappa shape index (κ3) is 5.08. The molecule has 1 aromatic heterocycles. The molecule has 0 aromatic carbocycles. The molecule has 1 aliphatic rings. The molecule has 1 saturated heterocycles. The minimum Gasteiger partial charge on any atom is -0.444 e. The number of nitrogens with two attached hydrogens (primary N) is 1. The first-order valence-corrected chi connectivity index (χ1v) is 7.93. The monoisotopic (exact) mass is 310 g/mol. The van der Waals surface area contributed by atoms with Gasteiger partial charge in [-0.05, 0) is 33.6 Å². The van der Waals surface area contributed by atoms with Gasteiger partial charge in [-0.3, -0.25) is 0 Å². The molecule has 116 valence electrons. The Labute approximate surface area is 129 Å². The van der Waals surface area contributed by atoms with E-state index in [-0.39, 0.29) is 6.09 Å². The van der Waals surface area contributed by atoms with Crippen molar-refractivity contribution in [3.8, 4) is 0 Å². The van der Waals surface area contributed by atoms with E-state index in [9.17, 15) is 4.79 Å². The number of carbonyl (C=O) groups is 1. The molecule has 2 rings (SSSR count). The molecular weight excluding hydrogens is 288 g/mol. The Morgan fingerprint density at radius 3 is 2.62 bits per heavy atom. The summed E-state index contributed by atoms with van der Waals surface area (Å²) in [4.78, 5) is 21.8. The van der Waals surface area contributed by atoms with Gasteiger partial charge in [0.05, 0.1) is 0 Å². The first-order chi connectivity index (χ1) is 9.83. The summed E-state index contributed by atoms with van der Waals surface area (Å²) in [7, 11) is 0. The number of hydrogen-bond donors (Lipinski definition) is 1. The van der Waals surface area contributed by atoms with Crippen LogP contribution in [0.3, 0.4) is 0 Å². The maximum absolute atomic E-state index is 12.0. The summed E-state index contributed by atoms with van der Waals surface area (Å²) in [6.45, 7) is 7.08. The predicted molar refractivity (Wildman–Crippen MR) is 83.1 cm³/mol. The van der Waals surface area contributed by atoms with Crippen LogP contribution in [0.15, 0.2) is 17.4 Å². The number of carbonyl (C=O) groups excluding carboxylic acids is 1. The van der Waals surface area contributed by atoms with Crippen LogP contribution in [-0.4, -0.2) is 44.9 Å². The van der Waals surface area contributed by atoms with Crippen molar-refractivity contribution >= 4 is 23.7 Å². The van der Waals surface area contributed by atoms with Crippen LogP contribution >= 0.6 is 11.8 Å². The number of rotatable bonds is 2. The fourth-order valence-electron chi connectivity index (χ4n) is 2.07. The Kier molecular flexibility index (Phi) is 4.92. The normalized spacial score (nSPS) is 16.8. The summed E-state index contributed by atoms with van der Waals surface area (Å²) in [5.74, 6) is 0.485. The molecule has 0 unspecified atom stereocenters. The van der Waals surface area contributed by atoms with Crippen LogP contribution < -0.4 is 5.73 Å². The first kappa shape index (κ1) is 15.9. The Morgan fingerprint density at radius 1 is 1.38 bits per heavy atom. The summed E-state index contributed by atoms with van der Waals surface area (Å²) in [5.41, 5.74) is 5.21. The summed E-state index contributed by atoms with van der Waals surface area (Å²) >= 11 is 1.70. The molecule has 1 aliphatic heterocycles. The van der Waals surface area contributed by atoms with E-state index in [1.165, 1.54) is 6.33 Å². The van der Waals surface area contributed by atoms with Gasteiger partial charge in [0.25, 0.3) is 0 Å². The largest absolute Gasteiger partial charge is 0.444 e. The molecule has 0 bridgehead atoms. The predicted octanol–water partition coefficient (Wildman–Crippen LogP) is 2.55. The lowest BCUT2D eigenvalue weighted by atomic mass is 10.1. The van der Waals surface area contributed by atoms with Crippen molar-refractivity contribution in [3.63, 3.8) is 0 Å². The van der Waals surface area contributed by atoms with Crippen molar-refractivity contribution in [2.75, 3.05) is 18.8 Å². The van der Waals surface area contributed by atoms with Gasteiger partial charge in [0, 0.05) is 24.4 Å². The highest BCUT2D eigenvalue weighted by Gasteiger charge is 2.27. The third-order valence-corrected chi connectivity index (χ3v) is 4.31. The Hall–Kier alpha value is -1.50. The molecule has 0 spiro atoms. The molecule has 0 saturated carbocycles. The van der Waals surface area contributed by atoms with Crippen molar-refractivity contribution in [3.05, 3.63) is 12.4 Å². The van der Waals surface area contributed by atoms with Crippen molar-refractivity contribution < 1.29 is 9.53 Å². The number of aromatic nitrogens is 2. The maximum atomic E-state index is 12.0. The molecule has 6 nitrogen and oxygen atoms in total. The van der Waals surface area contributed by atoms with E-state index in [1.807, 2.05) is 20.8 Å². The van der Waals surface area contributed by atoms with Gasteiger partial charge in [-0.15, -0.1) is 11.8 Å². The highest BCUT2D eigenvalue weighted by atomic mass is 32.2. The molecule has 1 aromatic rings. The van der Waals surface area contributed by atoms with Crippen LogP contribution in [0.1, 0.15) is 33.6 Å². The SMILES string of the molecule is CC(C)(C)OC(=O)N1CCC(Sc2cc(N)ncn2)CC1. The zero-order valence-corrected chi connectivity index (χ0v) is 13.5. The quantitative estimate of drug-likeness (QED) is 0.845. The lowest BCUT2D eigenvalue weighted by Gasteiger charge is -2.33. The van der Waals surface area contributed by atoms with E-state index in [0.717, 1.165) is 17.9 Å². The molecule has 21 heavy (non-hydrogen) atoms. The van der Waals surface area contributed by atoms with Gasteiger partial charge in [0.1, 0.15) is 22.8 Å². The molecule has 0 atom stereocenters. The smallest absolute Gasteiger partial charge is 0.410 e. The van der Waals surface area contributed by atoms with Crippen LogP contribution in [0.2, 0.25) is 0 Å². The second-order valence-corrected chi connectivity index (χ2v) is 7.39. The molecular formula is C14H22N4O2S. The van der Waals surface area contributed by atoms with Gasteiger partial charge in [0.15, 0.2) is 0 Å². The summed E-state index contributed by atoms with van der Waals surface area (Å²) in [6.07, 6.45) is 3.10. The van der Waals surface area contributed by atoms with Crippen molar-refractivity contribution in [2.24, 2.45) is 0 Å². The summed E-state index contributed by atoms with van der Waals surface area (Å²) in [6, 6.07) is 1.78. The highest BCUT2D eigenvalue weighted by Crippen LogP contribution is 2.29. The molecule has 0 radical (unpaired) electrons. The second-order valence-electron chi connectivity index (χ2n) is 6.07. The van der Waals surface area contributed by atoms with E-state index in [1.54, 1.807) is 22.7 Å². The molecule has 7 heteroatoms. The highest BCUT2D eigenvalue weighted by molar-refractivity contribution is 7.99. The average Bonchev–Trinajstić information content (AvgIpc) is 2.37. The van der Waals surface area contributed by atoms with Gasteiger partial charge < -0.3 is 15.4 Å². The molecule has 1 fully saturated rings. The molecule has 2 N–H and O–H groups in total. The third-order valence-electron chi connectivity index (χ3n) is 3.04. The van der Waals surface area contributed by atoms with Gasteiger partial charge in [0.2, 0.25) is 0 Å². The molecule has 2 heterocycles. The van der Waals surface area contributed by atoms with Crippen LogP contribution in [0, 0.1) is 0 Å². The van der Waals surface area contributed by atoms with Crippen molar-refractivity contribution in [1.29, 1.82) is 0 Å². The Bertz CT molecular complexity index is 496. The number of anilines is 1. The number of hydrogen-bond acceptors (Lipinski definition) is 6. The minimum absolute atomic E-state index is 0.225.